The maximum absolute atomic E-state index is 9.05. The summed E-state index contributed by atoms with van der Waals surface area (Å²) < 4.78 is 0. The molecule has 2 aromatic heterocycles. The fourth-order valence-corrected chi connectivity index (χ4v) is 4.09. The van der Waals surface area contributed by atoms with E-state index in [2.05, 4.69) is 22.3 Å². The van der Waals surface area contributed by atoms with Crippen LogP contribution >= 0.6 is 0 Å². The Balaban J connectivity index is 1.43. The topological polar surface area (TPSA) is 109 Å². The van der Waals surface area contributed by atoms with Gasteiger partial charge >= 0.3 is 0 Å². The number of rotatable bonds is 4. The van der Waals surface area contributed by atoms with Crippen molar-refractivity contribution in [1.82, 2.24) is 30.0 Å². The van der Waals surface area contributed by atoms with Crippen LogP contribution in [0.3, 0.4) is 0 Å². The molecule has 2 heterocycles. The molecule has 0 spiro atoms. The van der Waals surface area contributed by atoms with E-state index in [1.54, 1.807) is 46.3 Å². The molecule has 0 amide bonds. The fraction of sp³-hybridized carbons (Fsp3) is 0. The Morgan fingerprint density at radius 3 is 1.42 bits per heavy atom. The van der Waals surface area contributed by atoms with E-state index in [4.69, 9.17) is 20.7 Å². The van der Waals surface area contributed by atoms with Gasteiger partial charge in [0, 0.05) is 16.5 Å². The van der Waals surface area contributed by atoms with Gasteiger partial charge in [0.2, 0.25) is 0 Å². The predicted molar refractivity (Wildman–Crippen MR) is 134 cm³/mol. The average Bonchev–Trinajstić information content (AvgIpc) is 3.63. The zero-order chi connectivity index (χ0) is 24.5. The number of hydrogen-bond acceptors (Lipinski definition) is 6. The third kappa shape index (κ3) is 3.65. The summed E-state index contributed by atoms with van der Waals surface area (Å²) in [5.74, 6) is 0. The average molecular weight is 464 g/mol. The third-order valence-electron chi connectivity index (χ3n) is 5.89. The number of hydrogen-bond donors (Lipinski definition) is 0. The van der Waals surface area contributed by atoms with Crippen LogP contribution in [0, 0.1) is 22.7 Å². The lowest BCUT2D eigenvalue weighted by molar-refractivity contribution is 0.746. The van der Waals surface area contributed by atoms with E-state index in [-0.39, 0.29) is 0 Å². The van der Waals surface area contributed by atoms with E-state index in [0.717, 1.165) is 33.3 Å². The number of aromatic nitrogens is 6. The van der Waals surface area contributed by atoms with Crippen molar-refractivity contribution in [3.8, 4) is 46.0 Å². The van der Waals surface area contributed by atoms with Crippen molar-refractivity contribution in [2.45, 2.75) is 0 Å². The van der Waals surface area contributed by atoms with Gasteiger partial charge in [-0.3, -0.25) is 0 Å². The molecule has 168 valence electrons. The van der Waals surface area contributed by atoms with Gasteiger partial charge in [-0.1, -0.05) is 48.5 Å². The molecule has 36 heavy (non-hydrogen) atoms. The molecule has 0 N–H and O–H groups in total. The van der Waals surface area contributed by atoms with Crippen LogP contribution in [0.15, 0.2) is 97.3 Å². The summed E-state index contributed by atoms with van der Waals surface area (Å²) in [5, 5.41) is 38.5. The molecule has 0 fully saturated rings. The maximum atomic E-state index is 9.05. The molecule has 0 aliphatic rings. The second kappa shape index (κ2) is 8.64. The lowest BCUT2D eigenvalue weighted by Crippen LogP contribution is -2.05. The molecule has 4 aromatic carbocycles. The summed E-state index contributed by atoms with van der Waals surface area (Å²) in [4.78, 5) is 3.20. The van der Waals surface area contributed by atoms with Gasteiger partial charge in [0.05, 0.1) is 47.0 Å². The minimum absolute atomic E-state index is 0.594. The van der Waals surface area contributed by atoms with Crippen molar-refractivity contribution in [1.29, 1.82) is 10.5 Å². The monoisotopic (exact) mass is 464 g/mol. The Kier molecular flexibility index (Phi) is 5.03. The van der Waals surface area contributed by atoms with Crippen molar-refractivity contribution in [2.75, 3.05) is 0 Å². The zero-order valence-electron chi connectivity index (χ0n) is 18.8. The lowest BCUT2D eigenvalue weighted by Gasteiger charge is -2.10. The molecular weight excluding hydrogens is 448 g/mol. The Hall–Kier alpha value is -5.60. The first-order chi connectivity index (χ1) is 17.7. The summed E-state index contributed by atoms with van der Waals surface area (Å²) in [7, 11) is 0. The Morgan fingerprint density at radius 1 is 0.556 bits per heavy atom. The standard InChI is InChI=1S/C28H16N8/c29-15-19-7-11-21(12-8-19)24-17-31-35(33-24)26-5-1-3-23-4-2-6-27(28(23)26)36-32-18-25(34-36)22-13-9-20(16-30)10-14-22/h1-14,17-18H. The smallest absolute Gasteiger partial charge is 0.113 e. The predicted octanol–water partition coefficient (Wildman–Crippen LogP) is 5.08. The number of nitriles is 2. The van der Waals surface area contributed by atoms with Crippen LogP contribution in [0.1, 0.15) is 11.1 Å². The van der Waals surface area contributed by atoms with Gasteiger partial charge < -0.3 is 0 Å². The maximum Gasteiger partial charge on any atom is 0.113 e. The van der Waals surface area contributed by atoms with Crippen LogP contribution in [0.25, 0.3) is 44.7 Å². The van der Waals surface area contributed by atoms with Crippen molar-refractivity contribution >= 4 is 10.8 Å². The van der Waals surface area contributed by atoms with E-state index in [9.17, 15) is 0 Å². The summed E-state index contributed by atoms with van der Waals surface area (Å²) in [6.07, 6.45) is 3.41. The summed E-state index contributed by atoms with van der Waals surface area (Å²) in [5.41, 5.74) is 5.93. The first-order valence-corrected chi connectivity index (χ1v) is 11.1. The SMILES string of the molecule is N#Cc1ccc(-c2cnn(-c3cccc4cccc(-n5ncc(-c6ccc(C#N)cc6)n5)c34)n2)cc1. The van der Waals surface area contributed by atoms with Crippen LogP contribution in [0.4, 0.5) is 0 Å². The highest BCUT2D eigenvalue weighted by Crippen LogP contribution is 2.29. The van der Waals surface area contributed by atoms with Gasteiger partial charge in [-0.05, 0) is 41.8 Å². The summed E-state index contributed by atoms with van der Waals surface area (Å²) in [6, 6.07) is 30.6. The molecule has 0 saturated carbocycles. The Morgan fingerprint density at radius 2 is 1.00 bits per heavy atom. The number of nitrogens with zero attached hydrogens (tertiary/aromatic N) is 8. The van der Waals surface area contributed by atoms with E-state index in [1.807, 2.05) is 60.7 Å². The number of fused-ring (bicyclic) bond motifs is 1. The molecule has 6 aromatic rings. The van der Waals surface area contributed by atoms with Gasteiger partial charge in [0.15, 0.2) is 0 Å². The van der Waals surface area contributed by atoms with Crippen LogP contribution in [-0.4, -0.2) is 30.0 Å². The Labute approximate surface area is 205 Å². The molecular formula is C28H16N8. The fourth-order valence-electron chi connectivity index (χ4n) is 4.09. The minimum Gasteiger partial charge on any atom is -0.192 e. The van der Waals surface area contributed by atoms with E-state index < -0.39 is 0 Å². The molecule has 8 nitrogen and oxygen atoms in total. The van der Waals surface area contributed by atoms with Gasteiger partial charge in [-0.15, -0.1) is 10.2 Å². The summed E-state index contributed by atoms with van der Waals surface area (Å²) >= 11 is 0. The normalized spacial score (nSPS) is 10.7. The van der Waals surface area contributed by atoms with Crippen LogP contribution in [-0.2, 0) is 0 Å². The zero-order valence-corrected chi connectivity index (χ0v) is 18.8. The molecule has 6 rings (SSSR count). The van der Waals surface area contributed by atoms with Crippen molar-refractivity contribution in [3.05, 3.63) is 108 Å². The molecule has 0 atom stereocenters. The second-order valence-corrected chi connectivity index (χ2v) is 8.07. The molecule has 0 aliphatic carbocycles. The third-order valence-corrected chi connectivity index (χ3v) is 5.89. The molecule has 8 heteroatoms. The Bertz CT molecular complexity index is 1670. The second-order valence-electron chi connectivity index (χ2n) is 8.07. The van der Waals surface area contributed by atoms with Gasteiger partial charge in [-0.25, -0.2) is 0 Å². The van der Waals surface area contributed by atoms with Crippen molar-refractivity contribution in [3.63, 3.8) is 0 Å². The van der Waals surface area contributed by atoms with E-state index >= 15 is 0 Å². The van der Waals surface area contributed by atoms with Gasteiger partial charge in [0.25, 0.3) is 0 Å². The minimum atomic E-state index is 0.594. The highest BCUT2D eigenvalue weighted by molar-refractivity contribution is 5.96. The molecule has 0 aliphatic heterocycles. The largest absolute Gasteiger partial charge is 0.192 e. The first kappa shape index (κ1) is 21.0. The van der Waals surface area contributed by atoms with Crippen LogP contribution in [0.5, 0.6) is 0 Å². The van der Waals surface area contributed by atoms with Crippen LogP contribution in [0.2, 0.25) is 0 Å². The highest BCUT2D eigenvalue weighted by Gasteiger charge is 2.15. The van der Waals surface area contributed by atoms with Crippen molar-refractivity contribution < 1.29 is 0 Å². The molecule has 0 bridgehead atoms. The van der Waals surface area contributed by atoms with Crippen molar-refractivity contribution in [2.24, 2.45) is 0 Å². The molecule has 0 saturated heterocycles. The highest BCUT2D eigenvalue weighted by atomic mass is 15.5. The van der Waals surface area contributed by atoms with E-state index in [0.29, 0.717) is 22.5 Å². The van der Waals surface area contributed by atoms with E-state index in [1.165, 1.54) is 0 Å². The lowest BCUT2D eigenvalue weighted by atomic mass is 10.1. The molecule has 0 unspecified atom stereocenters. The molecule has 0 radical (unpaired) electrons. The summed E-state index contributed by atoms with van der Waals surface area (Å²) in [6.45, 7) is 0. The van der Waals surface area contributed by atoms with Gasteiger partial charge in [-0.2, -0.15) is 30.3 Å². The first-order valence-electron chi connectivity index (χ1n) is 11.1. The van der Waals surface area contributed by atoms with Crippen LogP contribution < -0.4 is 0 Å². The number of benzene rings is 4. The van der Waals surface area contributed by atoms with Gasteiger partial charge in [0.1, 0.15) is 11.4 Å². The quantitative estimate of drug-likeness (QED) is 0.360.